The van der Waals surface area contributed by atoms with Crippen molar-refractivity contribution < 1.29 is 13.6 Å². The van der Waals surface area contributed by atoms with Crippen LogP contribution in [0.3, 0.4) is 0 Å². The van der Waals surface area contributed by atoms with Gasteiger partial charge in [-0.15, -0.1) is 0 Å². The molecule has 2 aromatic rings. The van der Waals surface area contributed by atoms with Crippen LogP contribution in [0.2, 0.25) is 0 Å². The van der Waals surface area contributed by atoms with E-state index in [-0.39, 0.29) is 11.7 Å². The minimum Gasteiger partial charge on any atom is -0.373 e. The normalized spacial score (nSPS) is 18.8. The zero-order valence-corrected chi connectivity index (χ0v) is 18.3. The number of nitrogens with one attached hydrogen (secondary N) is 2. The van der Waals surface area contributed by atoms with E-state index in [0.29, 0.717) is 35.0 Å². The number of amides is 1. The van der Waals surface area contributed by atoms with Gasteiger partial charge in [0, 0.05) is 48.2 Å². The average Bonchev–Trinajstić information content (AvgIpc) is 3.23. The van der Waals surface area contributed by atoms with Crippen LogP contribution in [0.25, 0.3) is 0 Å². The molecule has 5 nitrogen and oxygen atoms in total. The maximum atomic E-state index is 14.1. The summed E-state index contributed by atoms with van der Waals surface area (Å²) >= 11 is 0. The average molecular weight is 429 g/mol. The van der Waals surface area contributed by atoms with Gasteiger partial charge >= 0.3 is 0 Å². The molecule has 0 aromatic heterocycles. The molecule has 7 heteroatoms. The number of carbonyl (C=O) groups is 1. The van der Waals surface area contributed by atoms with E-state index in [0.717, 1.165) is 37.2 Å². The first-order valence-electron chi connectivity index (χ1n) is 10.8. The van der Waals surface area contributed by atoms with Gasteiger partial charge in [-0.3, -0.25) is 4.79 Å². The Morgan fingerprint density at radius 3 is 2.61 bits per heavy atom. The third kappa shape index (κ3) is 4.51. The number of nitrogens with zero attached hydrogens (tertiary/aromatic N) is 2. The number of hydrogen-bond donors (Lipinski definition) is 2. The lowest BCUT2D eigenvalue weighted by Gasteiger charge is -2.36. The third-order valence-electron chi connectivity index (χ3n) is 6.47. The molecule has 1 unspecified atom stereocenters. The van der Waals surface area contributed by atoms with E-state index in [1.165, 1.54) is 6.07 Å². The van der Waals surface area contributed by atoms with Crippen LogP contribution < -0.4 is 15.5 Å². The van der Waals surface area contributed by atoms with Gasteiger partial charge in [0.15, 0.2) is 0 Å². The summed E-state index contributed by atoms with van der Waals surface area (Å²) in [4.78, 5) is 17.4. The van der Waals surface area contributed by atoms with Crippen molar-refractivity contribution in [3.05, 3.63) is 52.8 Å². The molecular weight excluding hydrogens is 398 g/mol. The fraction of sp³-hybridized carbons (Fsp3) is 0.458. The largest absolute Gasteiger partial charge is 0.373 e. The number of fused-ring (bicyclic) bond motifs is 1. The maximum Gasteiger partial charge on any atom is 0.247 e. The van der Waals surface area contributed by atoms with E-state index in [4.69, 9.17) is 0 Å². The number of aryl methyl sites for hydroxylation is 1. The van der Waals surface area contributed by atoms with Crippen molar-refractivity contribution in [2.45, 2.75) is 44.9 Å². The van der Waals surface area contributed by atoms with Gasteiger partial charge in [0.25, 0.3) is 0 Å². The Bertz CT molecular complexity index is 939. The summed E-state index contributed by atoms with van der Waals surface area (Å²) in [6.07, 6.45) is 2.38. The molecule has 166 valence electrons. The van der Waals surface area contributed by atoms with Crippen LogP contribution in [0, 0.1) is 12.7 Å². The van der Waals surface area contributed by atoms with E-state index < -0.39 is 12.7 Å². The fourth-order valence-electron chi connectivity index (χ4n) is 4.60. The summed E-state index contributed by atoms with van der Waals surface area (Å²) in [6.45, 7) is 3.08. The Hall–Kier alpha value is -2.67. The Labute approximate surface area is 182 Å². The van der Waals surface area contributed by atoms with Crippen LogP contribution in [-0.2, 0) is 17.9 Å². The highest BCUT2D eigenvalue weighted by molar-refractivity contribution is 5.98. The molecule has 2 heterocycles. The molecule has 2 aliphatic heterocycles. The van der Waals surface area contributed by atoms with Crippen LogP contribution in [-0.4, -0.2) is 50.1 Å². The maximum absolute atomic E-state index is 14.1. The Morgan fingerprint density at radius 1 is 1.23 bits per heavy atom. The molecule has 4 rings (SSSR count). The molecule has 1 amide bonds. The first-order chi connectivity index (χ1) is 14.9. The number of anilines is 3. The molecule has 1 saturated heterocycles. The lowest BCUT2D eigenvalue weighted by Crippen LogP contribution is -2.42. The molecule has 0 aliphatic carbocycles. The van der Waals surface area contributed by atoms with E-state index in [1.807, 2.05) is 19.1 Å². The van der Waals surface area contributed by atoms with Gasteiger partial charge in [-0.25, -0.2) is 8.78 Å². The molecule has 0 radical (unpaired) electrons. The number of alkyl halides is 1. The molecule has 2 N–H and O–H groups in total. The minimum absolute atomic E-state index is 0.247. The zero-order valence-electron chi connectivity index (χ0n) is 18.3. The first-order valence-corrected chi connectivity index (χ1v) is 10.8. The number of carbonyl (C=O) groups excluding carboxylic acids is 1. The van der Waals surface area contributed by atoms with Crippen molar-refractivity contribution in [3.8, 4) is 0 Å². The Kier molecular flexibility index (Phi) is 6.14. The van der Waals surface area contributed by atoms with Gasteiger partial charge < -0.3 is 20.4 Å². The van der Waals surface area contributed by atoms with Gasteiger partial charge in [-0.2, -0.15) is 0 Å². The summed E-state index contributed by atoms with van der Waals surface area (Å²) in [5.74, 6) is -0.547. The molecule has 0 spiro atoms. The lowest BCUT2D eigenvalue weighted by atomic mass is 10.0. The van der Waals surface area contributed by atoms with Gasteiger partial charge in [0.2, 0.25) is 5.91 Å². The highest BCUT2D eigenvalue weighted by atomic mass is 19.1. The highest BCUT2D eigenvalue weighted by Crippen LogP contribution is 2.32. The van der Waals surface area contributed by atoms with Gasteiger partial charge in [0.05, 0.1) is 0 Å². The highest BCUT2D eigenvalue weighted by Gasteiger charge is 2.30. The molecule has 0 bridgehead atoms. The molecule has 0 saturated carbocycles. The minimum atomic E-state index is -0.595. The van der Waals surface area contributed by atoms with Crippen molar-refractivity contribution >= 4 is 23.0 Å². The van der Waals surface area contributed by atoms with Crippen molar-refractivity contribution in [2.24, 2.45) is 0 Å². The van der Waals surface area contributed by atoms with Gasteiger partial charge in [0.1, 0.15) is 18.5 Å². The van der Waals surface area contributed by atoms with Crippen molar-refractivity contribution in [1.29, 1.82) is 0 Å². The number of hydrogen-bond acceptors (Lipinski definition) is 4. The molecule has 2 aromatic carbocycles. The molecule has 2 aliphatic rings. The van der Waals surface area contributed by atoms with E-state index in [1.54, 1.807) is 12.1 Å². The van der Waals surface area contributed by atoms with Crippen LogP contribution in [0.5, 0.6) is 0 Å². The van der Waals surface area contributed by atoms with Crippen molar-refractivity contribution in [1.82, 2.24) is 4.90 Å². The standard InChI is InChI=1S/C24H30F2N4O/c1-15-4-5-21(26)20-13-22(28-23(15)20)24(31)27-17-10-16(14-25)11-19(12-17)30-8-6-18(7-9-30)29(2)3/h4-5,10-12,18,22,28H,6-9,13-14H2,1-3H3,(H,27,31). The predicted molar refractivity (Wildman–Crippen MR) is 121 cm³/mol. The fourth-order valence-corrected chi connectivity index (χ4v) is 4.60. The SMILES string of the molecule is Cc1ccc(F)c2c1NC(C(=O)Nc1cc(CF)cc(N3CCC(N(C)C)CC3)c1)C2. The molecule has 1 fully saturated rings. The number of piperidine rings is 1. The zero-order chi connectivity index (χ0) is 22.1. The number of rotatable bonds is 5. The predicted octanol–water partition coefficient (Wildman–Crippen LogP) is 4.11. The van der Waals surface area contributed by atoms with Crippen LogP contribution in [0.15, 0.2) is 30.3 Å². The first kappa shape index (κ1) is 21.6. The number of benzene rings is 2. The summed E-state index contributed by atoms with van der Waals surface area (Å²) < 4.78 is 27.7. The second-order valence-electron chi connectivity index (χ2n) is 8.81. The Balaban J connectivity index is 1.48. The van der Waals surface area contributed by atoms with Crippen LogP contribution in [0.1, 0.15) is 29.5 Å². The van der Waals surface area contributed by atoms with E-state index in [9.17, 15) is 13.6 Å². The smallest absolute Gasteiger partial charge is 0.247 e. The van der Waals surface area contributed by atoms with Crippen molar-refractivity contribution in [2.75, 3.05) is 42.7 Å². The van der Waals surface area contributed by atoms with Crippen LogP contribution in [0.4, 0.5) is 25.8 Å². The summed E-state index contributed by atoms with van der Waals surface area (Å²) in [6, 6.07) is 8.57. The quantitative estimate of drug-likeness (QED) is 0.753. The van der Waals surface area contributed by atoms with Crippen LogP contribution >= 0.6 is 0 Å². The lowest BCUT2D eigenvalue weighted by molar-refractivity contribution is -0.116. The number of halogens is 2. The van der Waals surface area contributed by atoms with E-state index >= 15 is 0 Å². The second kappa shape index (κ2) is 8.83. The molecule has 31 heavy (non-hydrogen) atoms. The van der Waals surface area contributed by atoms with Gasteiger partial charge in [-0.1, -0.05) is 6.07 Å². The second-order valence-corrected chi connectivity index (χ2v) is 8.81. The van der Waals surface area contributed by atoms with Crippen molar-refractivity contribution in [3.63, 3.8) is 0 Å². The topological polar surface area (TPSA) is 47.6 Å². The Morgan fingerprint density at radius 2 is 1.97 bits per heavy atom. The van der Waals surface area contributed by atoms with Gasteiger partial charge in [-0.05, 0) is 69.3 Å². The summed E-state index contributed by atoms with van der Waals surface area (Å²) in [7, 11) is 4.20. The van der Waals surface area contributed by atoms with E-state index in [2.05, 4.69) is 34.5 Å². The monoisotopic (exact) mass is 428 g/mol. The summed E-state index contributed by atoms with van der Waals surface area (Å²) in [5.41, 5.74) is 4.18. The molecular formula is C24H30F2N4O. The summed E-state index contributed by atoms with van der Waals surface area (Å²) in [5, 5.41) is 6.06. The molecule has 1 atom stereocenters. The third-order valence-corrected chi connectivity index (χ3v) is 6.47.